The van der Waals surface area contributed by atoms with E-state index in [1.807, 2.05) is 19.1 Å². The molecule has 1 N–H and O–H groups in total. The maximum Gasteiger partial charge on any atom is 0.323 e. The molecule has 27 heavy (non-hydrogen) atoms. The van der Waals surface area contributed by atoms with Crippen LogP contribution < -0.4 is 10.9 Å². The third-order valence-electron chi connectivity index (χ3n) is 4.35. The zero-order valence-corrected chi connectivity index (χ0v) is 15.5. The number of rotatable bonds is 4. The van der Waals surface area contributed by atoms with Gasteiger partial charge < -0.3 is 4.90 Å². The highest BCUT2D eigenvalue weighted by Crippen LogP contribution is 2.21. The summed E-state index contributed by atoms with van der Waals surface area (Å²) in [6.45, 7) is 3.60. The predicted octanol–water partition coefficient (Wildman–Crippen LogP) is 2.23. The number of pyridine rings is 1. The summed E-state index contributed by atoms with van der Waals surface area (Å²) in [5.41, 5.74) is 1.49. The van der Waals surface area contributed by atoms with Gasteiger partial charge in [0.15, 0.2) is 5.13 Å². The molecule has 4 heterocycles. The molecule has 0 bridgehead atoms. The standard InChI is InChI=1S/C18H18N6O2S/c1-12-8-20-17(27-12)21-18(26)23-9-13(10-23)11-24-16(25)3-2-15(22-24)14-4-6-19-7-5-14/h2-8,13H,9-11H2,1H3,(H,20,21,26). The lowest BCUT2D eigenvalue weighted by Gasteiger charge is -2.38. The Morgan fingerprint density at radius 1 is 1.26 bits per heavy atom. The predicted molar refractivity (Wildman–Crippen MR) is 103 cm³/mol. The first-order valence-electron chi connectivity index (χ1n) is 8.55. The number of anilines is 1. The smallest absolute Gasteiger partial charge is 0.323 e. The fourth-order valence-corrected chi connectivity index (χ4v) is 3.59. The number of amides is 2. The van der Waals surface area contributed by atoms with Gasteiger partial charge in [-0.2, -0.15) is 5.10 Å². The Kier molecular flexibility index (Phi) is 4.68. The molecule has 0 atom stereocenters. The van der Waals surface area contributed by atoms with E-state index in [0.29, 0.717) is 24.8 Å². The van der Waals surface area contributed by atoms with Crippen molar-refractivity contribution in [2.45, 2.75) is 13.5 Å². The second kappa shape index (κ2) is 7.28. The molecule has 3 aromatic rings. The van der Waals surface area contributed by atoms with Crippen LogP contribution in [0.15, 0.2) is 47.7 Å². The van der Waals surface area contributed by atoms with Crippen LogP contribution in [0.3, 0.4) is 0 Å². The maximum absolute atomic E-state index is 12.2. The maximum atomic E-state index is 12.2. The van der Waals surface area contributed by atoms with Crippen LogP contribution in [0, 0.1) is 12.8 Å². The minimum Gasteiger partial charge on any atom is -0.324 e. The Morgan fingerprint density at radius 3 is 2.74 bits per heavy atom. The monoisotopic (exact) mass is 382 g/mol. The lowest BCUT2D eigenvalue weighted by molar-refractivity contribution is 0.116. The molecule has 1 aliphatic rings. The first kappa shape index (κ1) is 17.3. The molecule has 8 nitrogen and oxygen atoms in total. The van der Waals surface area contributed by atoms with Gasteiger partial charge in [0.1, 0.15) is 0 Å². The molecule has 9 heteroatoms. The summed E-state index contributed by atoms with van der Waals surface area (Å²) < 4.78 is 1.47. The molecule has 4 rings (SSSR count). The van der Waals surface area contributed by atoms with Gasteiger partial charge in [0.25, 0.3) is 5.56 Å². The first-order valence-corrected chi connectivity index (χ1v) is 9.37. The van der Waals surface area contributed by atoms with E-state index < -0.39 is 0 Å². The summed E-state index contributed by atoms with van der Waals surface area (Å²) >= 11 is 1.44. The summed E-state index contributed by atoms with van der Waals surface area (Å²) in [4.78, 5) is 35.2. The fourth-order valence-electron chi connectivity index (χ4n) is 2.94. The number of nitrogens with zero attached hydrogens (tertiary/aromatic N) is 5. The number of thiazole rings is 1. The lowest BCUT2D eigenvalue weighted by atomic mass is 10.0. The summed E-state index contributed by atoms with van der Waals surface area (Å²) in [5.74, 6) is 0.201. The molecule has 138 valence electrons. The van der Waals surface area contributed by atoms with Crippen molar-refractivity contribution in [1.82, 2.24) is 24.6 Å². The molecule has 0 aromatic carbocycles. The zero-order chi connectivity index (χ0) is 18.8. The van der Waals surface area contributed by atoms with Gasteiger partial charge in [0.2, 0.25) is 0 Å². The third kappa shape index (κ3) is 3.87. The molecule has 0 radical (unpaired) electrons. The number of hydrogen-bond acceptors (Lipinski definition) is 6. The second-order valence-corrected chi connectivity index (χ2v) is 7.69. The van der Waals surface area contributed by atoms with E-state index in [9.17, 15) is 9.59 Å². The topological polar surface area (TPSA) is 93.0 Å². The van der Waals surface area contributed by atoms with E-state index in [4.69, 9.17) is 0 Å². The number of aromatic nitrogens is 4. The summed E-state index contributed by atoms with van der Waals surface area (Å²) in [6, 6.07) is 6.78. The number of carbonyl (C=O) groups is 1. The van der Waals surface area contributed by atoms with Crippen molar-refractivity contribution in [1.29, 1.82) is 0 Å². The number of aryl methyl sites for hydroxylation is 1. The summed E-state index contributed by atoms with van der Waals surface area (Å²) in [5, 5.41) is 7.85. The van der Waals surface area contributed by atoms with Crippen LogP contribution >= 0.6 is 11.3 Å². The highest BCUT2D eigenvalue weighted by Gasteiger charge is 2.31. The van der Waals surface area contributed by atoms with E-state index in [1.54, 1.807) is 29.6 Å². The number of carbonyl (C=O) groups excluding carboxylic acids is 1. The number of nitrogens with one attached hydrogen (secondary N) is 1. The zero-order valence-electron chi connectivity index (χ0n) is 14.7. The van der Waals surface area contributed by atoms with Gasteiger partial charge in [0, 0.05) is 54.1 Å². The molecule has 1 fully saturated rings. The van der Waals surface area contributed by atoms with Crippen molar-refractivity contribution in [3.63, 3.8) is 0 Å². The third-order valence-corrected chi connectivity index (χ3v) is 5.18. The molecule has 0 aliphatic carbocycles. The van der Waals surface area contributed by atoms with Crippen molar-refractivity contribution in [3.05, 3.63) is 58.1 Å². The van der Waals surface area contributed by atoms with Crippen molar-refractivity contribution in [2.75, 3.05) is 18.4 Å². The second-order valence-electron chi connectivity index (χ2n) is 6.45. The highest BCUT2D eigenvalue weighted by atomic mass is 32.1. The summed E-state index contributed by atoms with van der Waals surface area (Å²) in [6.07, 6.45) is 5.12. The Morgan fingerprint density at radius 2 is 2.04 bits per heavy atom. The number of urea groups is 1. The van der Waals surface area contributed by atoms with Crippen LogP contribution in [0.4, 0.5) is 9.93 Å². The Labute approximate surface area is 159 Å². The van der Waals surface area contributed by atoms with Crippen molar-refractivity contribution in [2.24, 2.45) is 5.92 Å². The molecule has 1 aliphatic heterocycles. The molecule has 0 unspecified atom stereocenters. The molecule has 1 saturated heterocycles. The van der Waals surface area contributed by atoms with E-state index in [0.717, 1.165) is 16.1 Å². The van der Waals surface area contributed by atoms with E-state index >= 15 is 0 Å². The Balaban J connectivity index is 1.37. The van der Waals surface area contributed by atoms with Crippen LogP contribution in [0.2, 0.25) is 0 Å². The quantitative estimate of drug-likeness (QED) is 0.747. The number of likely N-dealkylation sites (tertiary alicyclic amines) is 1. The van der Waals surface area contributed by atoms with E-state index in [2.05, 4.69) is 20.4 Å². The van der Waals surface area contributed by atoms with Gasteiger partial charge in [-0.05, 0) is 25.1 Å². The molecule has 0 saturated carbocycles. The van der Waals surface area contributed by atoms with E-state index in [1.165, 1.54) is 22.1 Å². The van der Waals surface area contributed by atoms with Gasteiger partial charge in [-0.3, -0.25) is 15.1 Å². The average Bonchev–Trinajstić information content (AvgIpc) is 3.04. The largest absolute Gasteiger partial charge is 0.324 e. The minimum atomic E-state index is -0.161. The van der Waals surface area contributed by atoms with Crippen LogP contribution in [-0.2, 0) is 6.54 Å². The van der Waals surface area contributed by atoms with Gasteiger partial charge in [0.05, 0.1) is 12.2 Å². The average molecular weight is 382 g/mol. The van der Waals surface area contributed by atoms with Crippen LogP contribution in [0.25, 0.3) is 11.3 Å². The molecule has 0 spiro atoms. The molecule has 2 amide bonds. The van der Waals surface area contributed by atoms with Gasteiger partial charge in [-0.15, -0.1) is 11.3 Å². The van der Waals surface area contributed by atoms with Gasteiger partial charge in [-0.1, -0.05) is 0 Å². The fraction of sp³-hybridized carbons (Fsp3) is 0.278. The first-order chi connectivity index (χ1) is 13.1. The van der Waals surface area contributed by atoms with Crippen molar-refractivity contribution in [3.8, 4) is 11.3 Å². The lowest BCUT2D eigenvalue weighted by Crippen LogP contribution is -2.53. The molecular weight excluding hydrogens is 364 g/mol. The SMILES string of the molecule is Cc1cnc(NC(=O)N2CC(Cn3nc(-c4ccncc4)ccc3=O)C2)s1. The van der Waals surface area contributed by atoms with Gasteiger partial charge in [-0.25, -0.2) is 14.5 Å². The van der Waals surface area contributed by atoms with Crippen LogP contribution in [0.5, 0.6) is 0 Å². The van der Waals surface area contributed by atoms with Crippen molar-refractivity contribution >= 4 is 22.5 Å². The highest BCUT2D eigenvalue weighted by molar-refractivity contribution is 7.15. The molecular formula is C18H18N6O2S. The molecule has 3 aromatic heterocycles. The van der Waals surface area contributed by atoms with Crippen LogP contribution in [0.1, 0.15) is 4.88 Å². The van der Waals surface area contributed by atoms with Crippen molar-refractivity contribution < 1.29 is 4.79 Å². The van der Waals surface area contributed by atoms with Crippen LogP contribution in [-0.4, -0.2) is 43.8 Å². The number of hydrogen-bond donors (Lipinski definition) is 1. The Bertz CT molecular complexity index is 1010. The summed E-state index contributed by atoms with van der Waals surface area (Å²) in [7, 11) is 0. The normalized spacial score (nSPS) is 14.0. The Hall–Kier alpha value is -3.07. The van der Waals surface area contributed by atoms with Gasteiger partial charge >= 0.3 is 6.03 Å². The minimum absolute atomic E-state index is 0.144. The van der Waals surface area contributed by atoms with E-state index in [-0.39, 0.29) is 17.5 Å².